The van der Waals surface area contributed by atoms with E-state index in [-0.39, 0.29) is 12.3 Å². The summed E-state index contributed by atoms with van der Waals surface area (Å²) in [5.41, 5.74) is 0.0436. The van der Waals surface area contributed by atoms with E-state index in [0.717, 1.165) is 0 Å². The van der Waals surface area contributed by atoms with Gasteiger partial charge in [-0.3, -0.25) is 10.1 Å². The van der Waals surface area contributed by atoms with E-state index in [2.05, 4.69) is 4.98 Å². The van der Waals surface area contributed by atoms with Gasteiger partial charge in [0, 0.05) is 18.1 Å². The second kappa shape index (κ2) is 5.62. The number of aryl methyl sites for hydroxylation is 1. The van der Waals surface area contributed by atoms with Crippen molar-refractivity contribution in [2.45, 2.75) is 30.5 Å². The molecule has 0 aromatic carbocycles. The van der Waals surface area contributed by atoms with Gasteiger partial charge in [0.25, 0.3) is 0 Å². The SMILES string of the molecule is Cc1cnc(S(=O)(=O)C(C)CCCl)c([N+](=O)[O-])c1. The predicted molar refractivity (Wildman–Crippen MR) is 67.6 cm³/mol. The molecule has 1 heterocycles. The van der Waals surface area contributed by atoms with E-state index in [1.165, 1.54) is 19.2 Å². The Labute approximate surface area is 110 Å². The molecule has 6 nitrogen and oxygen atoms in total. The summed E-state index contributed by atoms with van der Waals surface area (Å²) in [5.74, 6) is 0.167. The number of hydrogen-bond acceptors (Lipinski definition) is 5. The number of pyridine rings is 1. The van der Waals surface area contributed by atoms with Crippen LogP contribution in [0, 0.1) is 17.0 Å². The lowest BCUT2D eigenvalue weighted by molar-refractivity contribution is -0.388. The fourth-order valence-electron chi connectivity index (χ4n) is 1.39. The second-order valence-electron chi connectivity index (χ2n) is 3.93. The van der Waals surface area contributed by atoms with Crippen molar-refractivity contribution in [3.05, 3.63) is 27.9 Å². The number of halogens is 1. The number of nitro groups is 1. The Bertz CT molecular complexity index is 559. The molecule has 0 saturated carbocycles. The molecule has 1 atom stereocenters. The van der Waals surface area contributed by atoms with E-state index >= 15 is 0 Å². The Morgan fingerprint density at radius 3 is 2.67 bits per heavy atom. The van der Waals surface area contributed by atoms with Gasteiger partial charge in [0.15, 0.2) is 0 Å². The first-order chi connectivity index (χ1) is 8.30. The molecule has 0 N–H and O–H groups in total. The Balaban J connectivity index is 3.37. The van der Waals surface area contributed by atoms with Gasteiger partial charge in [-0.2, -0.15) is 0 Å². The topological polar surface area (TPSA) is 90.2 Å². The molecule has 0 spiro atoms. The predicted octanol–water partition coefficient (Wildman–Crippen LogP) is 2.09. The molecule has 0 fully saturated rings. The molecule has 8 heteroatoms. The highest BCUT2D eigenvalue weighted by atomic mass is 35.5. The molecule has 1 unspecified atom stereocenters. The molecule has 1 aromatic heterocycles. The smallest absolute Gasteiger partial charge is 0.258 e. The number of alkyl halides is 1. The molecule has 0 amide bonds. The average molecular weight is 293 g/mol. The van der Waals surface area contributed by atoms with E-state index < -0.39 is 30.7 Å². The molecule has 1 aromatic rings. The average Bonchev–Trinajstić information content (AvgIpc) is 2.28. The third-order valence-corrected chi connectivity index (χ3v) is 4.85. The van der Waals surface area contributed by atoms with E-state index in [1.807, 2.05) is 0 Å². The highest BCUT2D eigenvalue weighted by molar-refractivity contribution is 7.92. The maximum absolute atomic E-state index is 12.1. The molecule has 1 rings (SSSR count). The molecule has 18 heavy (non-hydrogen) atoms. The molecule has 0 bridgehead atoms. The van der Waals surface area contributed by atoms with Crippen molar-refractivity contribution >= 4 is 27.1 Å². The number of hydrogen-bond donors (Lipinski definition) is 0. The highest BCUT2D eigenvalue weighted by Gasteiger charge is 2.32. The summed E-state index contributed by atoms with van der Waals surface area (Å²) in [7, 11) is -3.83. The molecule has 100 valence electrons. The monoisotopic (exact) mass is 292 g/mol. The summed E-state index contributed by atoms with van der Waals surface area (Å²) >= 11 is 5.50. The first kappa shape index (κ1) is 14.8. The molecular weight excluding hydrogens is 280 g/mol. The maximum atomic E-state index is 12.1. The Hall–Kier alpha value is -1.21. The fraction of sp³-hybridized carbons (Fsp3) is 0.500. The maximum Gasteiger partial charge on any atom is 0.306 e. The molecule has 0 saturated heterocycles. The van der Waals surface area contributed by atoms with Gasteiger partial charge in [0.1, 0.15) is 0 Å². The van der Waals surface area contributed by atoms with Gasteiger partial charge in [0.2, 0.25) is 14.9 Å². The first-order valence-corrected chi connectivity index (χ1v) is 7.29. The van der Waals surface area contributed by atoms with Gasteiger partial charge in [-0.15, -0.1) is 11.6 Å². The van der Waals surface area contributed by atoms with Gasteiger partial charge >= 0.3 is 5.69 Å². The third-order valence-electron chi connectivity index (χ3n) is 2.48. The van der Waals surface area contributed by atoms with Crippen molar-refractivity contribution in [3.8, 4) is 0 Å². The highest BCUT2D eigenvalue weighted by Crippen LogP contribution is 2.26. The summed E-state index contributed by atoms with van der Waals surface area (Å²) in [6.07, 6.45) is 1.52. The van der Waals surface area contributed by atoms with Crippen LogP contribution in [0.4, 0.5) is 5.69 Å². The van der Waals surface area contributed by atoms with Crippen molar-refractivity contribution in [3.63, 3.8) is 0 Å². The van der Waals surface area contributed by atoms with Crippen molar-refractivity contribution in [2.75, 3.05) is 5.88 Å². The van der Waals surface area contributed by atoms with E-state index in [9.17, 15) is 18.5 Å². The van der Waals surface area contributed by atoms with Crippen LogP contribution in [0.15, 0.2) is 17.3 Å². The molecule has 0 aliphatic heterocycles. The summed E-state index contributed by atoms with van der Waals surface area (Å²) in [6, 6.07) is 1.20. The number of sulfone groups is 1. The van der Waals surface area contributed by atoms with E-state index in [4.69, 9.17) is 11.6 Å². The quantitative estimate of drug-likeness (QED) is 0.471. The minimum Gasteiger partial charge on any atom is -0.258 e. The van der Waals surface area contributed by atoms with Crippen LogP contribution in [0.1, 0.15) is 18.9 Å². The van der Waals surface area contributed by atoms with Crippen molar-refractivity contribution in [1.29, 1.82) is 0 Å². The molecular formula is C10H13ClN2O4S. The summed E-state index contributed by atoms with van der Waals surface area (Å²) in [6.45, 7) is 3.07. The number of aromatic nitrogens is 1. The van der Waals surface area contributed by atoms with Gasteiger partial charge in [0.05, 0.1) is 10.2 Å². The van der Waals surface area contributed by atoms with Crippen LogP contribution >= 0.6 is 11.6 Å². The van der Waals surface area contributed by atoms with Crippen molar-refractivity contribution in [1.82, 2.24) is 4.98 Å². The van der Waals surface area contributed by atoms with Crippen molar-refractivity contribution < 1.29 is 13.3 Å². The van der Waals surface area contributed by atoms with Crippen molar-refractivity contribution in [2.24, 2.45) is 0 Å². The van der Waals surface area contributed by atoms with Crippen LogP contribution in [-0.2, 0) is 9.84 Å². The van der Waals surface area contributed by atoms with E-state index in [0.29, 0.717) is 5.56 Å². The van der Waals surface area contributed by atoms with Gasteiger partial charge in [-0.1, -0.05) is 0 Å². The Morgan fingerprint density at radius 1 is 1.56 bits per heavy atom. The summed E-state index contributed by atoms with van der Waals surface area (Å²) < 4.78 is 24.3. The Kier molecular flexibility index (Phi) is 4.64. The second-order valence-corrected chi connectivity index (χ2v) is 6.59. The zero-order chi connectivity index (χ0) is 13.9. The lowest BCUT2D eigenvalue weighted by Gasteiger charge is -2.10. The number of rotatable bonds is 5. The zero-order valence-electron chi connectivity index (χ0n) is 9.96. The minimum absolute atomic E-state index is 0.167. The first-order valence-electron chi connectivity index (χ1n) is 5.21. The number of nitrogens with zero attached hydrogens (tertiary/aromatic N) is 2. The molecule has 0 radical (unpaired) electrons. The van der Waals surface area contributed by atoms with Crippen LogP contribution in [0.25, 0.3) is 0 Å². The zero-order valence-corrected chi connectivity index (χ0v) is 11.5. The van der Waals surface area contributed by atoms with Crippen LogP contribution < -0.4 is 0 Å². The summed E-state index contributed by atoms with van der Waals surface area (Å²) in [5, 5.41) is 9.58. The largest absolute Gasteiger partial charge is 0.306 e. The van der Waals surface area contributed by atoms with Crippen LogP contribution in [0.3, 0.4) is 0 Å². The normalized spacial score (nSPS) is 13.3. The van der Waals surface area contributed by atoms with Crippen LogP contribution in [0.5, 0.6) is 0 Å². The molecule has 0 aliphatic carbocycles. The lowest BCUT2D eigenvalue weighted by Crippen LogP contribution is -2.21. The van der Waals surface area contributed by atoms with Gasteiger partial charge in [-0.25, -0.2) is 13.4 Å². The van der Waals surface area contributed by atoms with Crippen LogP contribution in [-0.4, -0.2) is 29.5 Å². The van der Waals surface area contributed by atoms with Crippen LogP contribution in [0.2, 0.25) is 0 Å². The minimum atomic E-state index is -3.83. The fourth-order valence-corrected chi connectivity index (χ4v) is 3.28. The standard InChI is InChI=1S/C10H13ClN2O4S/c1-7-5-9(13(14)15)10(12-6-7)18(16,17)8(2)3-4-11/h5-6,8H,3-4H2,1-2H3. The third kappa shape index (κ3) is 2.97. The Morgan fingerprint density at radius 2 is 2.17 bits per heavy atom. The lowest BCUT2D eigenvalue weighted by atomic mass is 10.3. The van der Waals surface area contributed by atoms with Gasteiger partial charge in [-0.05, 0) is 25.8 Å². The van der Waals surface area contributed by atoms with E-state index in [1.54, 1.807) is 6.92 Å². The molecule has 0 aliphatic rings. The van der Waals surface area contributed by atoms with Gasteiger partial charge < -0.3 is 0 Å². The summed E-state index contributed by atoms with van der Waals surface area (Å²) in [4.78, 5) is 13.8.